The van der Waals surface area contributed by atoms with Crippen LogP contribution in [0.25, 0.3) is 0 Å². The number of fused-ring (bicyclic) bond motifs is 1. The van der Waals surface area contributed by atoms with Crippen LogP contribution >= 0.6 is 11.6 Å². The van der Waals surface area contributed by atoms with Crippen LogP contribution in [0.4, 0.5) is 5.69 Å². The molecular weight excluding hydrogens is 184 g/mol. The molecule has 1 heterocycles. The summed E-state index contributed by atoms with van der Waals surface area (Å²) in [7, 11) is 0. The van der Waals surface area contributed by atoms with E-state index in [1.165, 1.54) is 11.3 Å². The molecule has 2 rings (SSSR count). The van der Waals surface area contributed by atoms with Crippen LogP contribution in [-0.4, -0.2) is 19.6 Å². The quantitative estimate of drug-likeness (QED) is 0.780. The maximum absolute atomic E-state index is 5.93. The minimum atomic E-state index is 0.700. The lowest BCUT2D eigenvalue weighted by Crippen LogP contribution is -2.27. The number of rotatable bonds is 2. The predicted molar refractivity (Wildman–Crippen MR) is 56.4 cm³/mol. The van der Waals surface area contributed by atoms with Crippen molar-refractivity contribution in [2.24, 2.45) is 5.73 Å². The average Bonchev–Trinajstić information content (AvgIpc) is 2.49. The standard InChI is InChI=1S/C10H13ClN2/c11-9-2-1-8-3-5-13(6-4-12)10(8)7-9/h1-2,7H,3-6,12H2. The highest BCUT2D eigenvalue weighted by Crippen LogP contribution is 2.30. The van der Waals surface area contributed by atoms with E-state index in [0.717, 1.165) is 24.5 Å². The Morgan fingerprint density at radius 1 is 1.46 bits per heavy atom. The molecule has 13 heavy (non-hydrogen) atoms. The van der Waals surface area contributed by atoms with Crippen molar-refractivity contribution >= 4 is 17.3 Å². The maximum atomic E-state index is 5.93. The summed E-state index contributed by atoms with van der Waals surface area (Å²) >= 11 is 5.93. The summed E-state index contributed by atoms with van der Waals surface area (Å²) in [6.07, 6.45) is 1.12. The number of hydrogen-bond donors (Lipinski definition) is 1. The van der Waals surface area contributed by atoms with Crippen LogP contribution < -0.4 is 10.6 Å². The molecule has 1 aliphatic rings. The molecule has 1 aromatic carbocycles. The fourth-order valence-corrected chi connectivity index (χ4v) is 1.97. The molecule has 0 spiro atoms. The third-order valence-electron chi connectivity index (χ3n) is 2.44. The monoisotopic (exact) mass is 196 g/mol. The van der Waals surface area contributed by atoms with Crippen LogP contribution in [0.3, 0.4) is 0 Å². The molecule has 0 aliphatic carbocycles. The van der Waals surface area contributed by atoms with E-state index in [-0.39, 0.29) is 0 Å². The second kappa shape index (κ2) is 3.56. The van der Waals surface area contributed by atoms with Crippen molar-refractivity contribution in [3.8, 4) is 0 Å². The van der Waals surface area contributed by atoms with Crippen LogP contribution in [0.15, 0.2) is 18.2 Å². The van der Waals surface area contributed by atoms with Crippen LogP contribution in [0, 0.1) is 0 Å². The van der Waals surface area contributed by atoms with Gasteiger partial charge in [0.2, 0.25) is 0 Å². The zero-order chi connectivity index (χ0) is 9.26. The van der Waals surface area contributed by atoms with E-state index in [4.69, 9.17) is 17.3 Å². The summed E-state index contributed by atoms with van der Waals surface area (Å²) in [5.74, 6) is 0. The van der Waals surface area contributed by atoms with E-state index in [0.29, 0.717) is 6.54 Å². The molecule has 70 valence electrons. The summed E-state index contributed by atoms with van der Waals surface area (Å²) in [6.45, 7) is 2.70. The van der Waals surface area contributed by atoms with Gasteiger partial charge in [-0.15, -0.1) is 0 Å². The molecule has 0 bridgehead atoms. The van der Waals surface area contributed by atoms with Crippen molar-refractivity contribution in [3.63, 3.8) is 0 Å². The first-order valence-corrected chi connectivity index (χ1v) is 4.92. The summed E-state index contributed by atoms with van der Waals surface area (Å²) in [6, 6.07) is 6.08. The highest BCUT2D eigenvalue weighted by atomic mass is 35.5. The van der Waals surface area contributed by atoms with E-state index in [2.05, 4.69) is 11.0 Å². The third kappa shape index (κ3) is 1.64. The van der Waals surface area contributed by atoms with Crippen LogP contribution in [0.1, 0.15) is 5.56 Å². The molecule has 0 radical (unpaired) electrons. The molecule has 2 nitrogen and oxygen atoms in total. The predicted octanol–water partition coefficient (Wildman–Crippen LogP) is 1.66. The Morgan fingerprint density at radius 2 is 2.31 bits per heavy atom. The van der Waals surface area contributed by atoms with Crippen LogP contribution in [0.2, 0.25) is 5.02 Å². The van der Waals surface area contributed by atoms with Gasteiger partial charge in [-0.25, -0.2) is 0 Å². The van der Waals surface area contributed by atoms with Gasteiger partial charge >= 0.3 is 0 Å². The SMILES string of the molecule is NCCN1CCc2ccc(Cl)cc21. The number of nitrogens with zero attached hydrogens (tertiary/aromatic N) is 1. The van der Waals surface area contributed by atoms with E-state index in [1.54, 1.807) is 0 Å². The van der Waals surface area contributed by atoms with Gasteiger partial charge in [-0.05, 0) is 24.1 Å². The molecule has 3 heteroatoms. The summed E-state index contributed by atoms with van der Waals surface area (Å²) in [5.41, 5.74) is 8.18. The minimum absolute atomic E-state index is 0.700. The van der Waals surface area contributed by atoms with E-state index in [9.17, 15) is 0 Å². The van der Waals surface area contributed by atoms with Gasteiger partial charge < -0.3 is 10.6 Å². The number of benzene rings is 1. The summed E-state index contributed by atoms with van der Waals surface area (Å²) in [5, 5.41) is 0.808. The molecule has 2 N–H and O–H groups in total. The Hall–Kier alpha value is -0.730. The first-order chi connectivity index (χ1) is 6.31. The topological polar surface area (TPSA) is 29.3 Å². The molecule has 0 aromatic heterocycles. The van der Waals surface area contributed by atoms with Gasteiger partial charge in [-0.3, -0.25) is 0 Å². The lowest BCUT2D eigenvalue weighted by Gasteiger charge is -2.17. The largest absolute Gasteiger partial charge is 0.370 e. The first kappa shape index (κ1) is 8.85. The minimum Gasteiger partial charge on any atom is -0.370 e. The first-order valence-electron chi connectivity index (χ1n) is 4.54. The Labute approximate surface area is 83.3 Å². The lowest BCUT2D eigenvalue weighted by atomic mass is 10.2. The molecule has 0 saturated carbocycles. The molecule has 0 unspecified atom stereocenters. The Bertz CT molecular complexity index is 310. The van der Waals surface area contributed by atoms with Crippen molar-refractivity contribution in [3.05, 3.63) is 28.8 Å². The zero-order valence-corrected chi connectivity index (χ0v) is 8.22. The number of halogens is 1. The Balaban J connectivity index is 2.29. The fraction of sp³-hybridized carbons (Fsp3) is 0.400. The third-order valence-corrected chi connectivity index (χ3v) is 2.67. The van der Waals surface area contributed by atoms with Gasteiger partial charge in [0, 0.05) is 30.3 Å². The molecule has 0 fully saturated rings. The normalized spacial score (nSPS) is 14.8. The smallest absolute Gasteiger partial charge is 0.0426 e. The van der Waals surface area contributed by atoms with Crippen LogP contribution in [0.5, 0.6) is 0 Å². The Kier molecular flexibility index (Phi) is 2.42. The second-order valence-corrected chi connectivity index (χ2v) is 3.74. The molecule has 0 atom stereocenters. The molecular formula is C10H13ClN2. The molecule has 0 amide bonds. The number of nitrogens with two attached hydrogens (primary N) is 1. The number of hydrogen-bond acceptors (Lipinski definition) is 2. The highest BCUT2D eigenvalue weighted by molar-refractivity contribution is 6.30. The second-order valence-electron chi connectivity index (χ2n) is 3.30. The van der Waals surface area contributed by atoms with Crippen molar-refractivity contribution in [1.82, 2.24) is 0 Å². The van der Waals surface area contributed by atoms with Crippen molar-refractivity contribution < 1.29 is 0 Å². The van der Waals surface area contributed by atoms with E-state index >= 15 is 0 Å². The van der Waals surface area contributed by atoms with Gasteiger partial charge in [-0.1, -0.05) is 17.7 Å². The zero-order valence-electron chi connectivity index (χ0n) is 7.46. The van der Waals surface area contributed by atoms with Gasteiger partial charge in [0.15, 0.2) is 0 Å². The fourth-order valence-electron chi connectivity index (χ4n) is 1.81. The van der Waals surface area contributed by atoms with E-state index in [1.807, 2.05) is 12.1 Å². The summed E-state index contributed by atoms with van der Waals surface area (Å²) in [4.78, 5) is 2.29. The van der Waals surface area contributed by atoms with Gasteiger partial charge in [0.1, 0.15) is 0 Å². The van der Waals surface area contributed by atoms with Gasteiger partial charge in [-0.2, -0.15) is 0 Å². The summed E-state index contributed by atoms with van der Waals surface area (Å²) < 4.78 is 0. The molecule has 0 saturated heterocycles. The number of anilines is 1. The Morgan fingerprint density at radius 3 is 3.08 bits per heavy atom. The maximum Gasteiger partial charge on any atom is 0.0426 e. The average molecular weight is 197 g/mol. The van der Waals surface area contributed by atoms with Crippen LogP contribution in [-0.2, 0) is 6.42 Å². The molecule has 1 aromatic rings. The van der Waals surface area contributed by atoms with Crippen molar-refractivity contribution in [2.75, 3.05) is 24.5 Å². The van der Waals surface area contributed by atoms with Crippen molar-refractivity contribution in [1.29, 1.82) is 0 Å². The van der Waals surface area contributed by atoms with Gasteiger partial charge in [0.05, 0.1) is 0 Å². The highest BCUT2D eigenvalue weighted by Gasteiger charge is 2.17. The lowest BCUT2D eigenvalue weighted by molar-refractivity contribution is 0.821. The molecule has 1 aliphatic heterocycles. The van der Waals surface area contributed by atoms with Gasteiger partial charge in [0.25, 0.3) is 0 Å². The van der Waals surface area contributed by atoms with Crippen molar-refractivity contribution in [2.45, 2.75) is 6.42 Å². The van der Waals surface area contributed by atoms with E-state index < -0.39 is 0 Å².